The van der Waals surface area contributed by atoms with Crippen molar-refractivity contribution in [3.63, 3.8) is 0 Å². The molecule has 0 saturated carbocycles. The minimum absolute atomic E-state index is 0.0277. The zero-order valence-electron chi connectivity index (χ0n) is 28.3. The number of nitrogens with one attached hydrogen (secondary N) is 2. The first-order chi connectivity index (χ1) is 24.2. The molecular weight excluding hydrogens is 762 g/mol. The molecule has 3 saturated heterocycles. The number of likely N-dealkylation sites (tertiary alicyclic amines) is 3. The van der Waals surface area contributed by atoms with Crippen LogP contribution in [0.1, 0.15) is 56.6 Å². The Balaban J connectivity index is 1.01. The third-order valence-electron chi connectivity index (χ3n) is 10.8. The molecule has 50 heavy (non-hydrogen) atoms. The van der Waals surface area contributed by atoms with E-state index in [0.29, 0.717) is 57.2 Å². The van der Waals surface area contributed by atoms with E-state index in [0.717, 1.165) is 62.5 Å². The number of halogens is 2. The number of hydrogen-bond acceptors (Lipinski definition) is 5. The average Bonchev–Trinajstić information content (AvgIpc) is 3.54. The highest BCUT2D eigenvalue weighted by Crippen LogP contribution is 2.31. The number of rotatable bonds is 7. The third kappa shape index (κ3) is 7.67. The van der Waals surface area contributed by atoms with Crippen molar-refractivity contribution in [2.24, 2.45) is 0 Å². The highest BCUT2D eigenvalue weighted by Gasteiger charge is 2.34. The van der Waals surface area contributed by atoms with Crippen molar-refractivity contribution in [1.29, 1.82) is 0 Å². The predicted molar refractivity (Wildman–Crippen MR) is 205 cm³/mol. The maximum absolute atomic E-state index is 14.1. The molecule has 4 heterocycles. The summed E-state index contributed by atoms with van der Waals surface area (Å²) in [4.78, 5) is 50.3. The van der Waals surface area contributed by atoms with Crippen molar-refractivity contribution in [2.45, 2.75) is 69.5 Å². The summed E-state index contributed by atoms with van der Waals surface area (Å²) in [5.41, 5.74) is 9.23. The number of anilines is 1. The Kier molecular flexibility index (Phi) is 10.7. The number of nitrogens with two attached hydrogens (primary N) is 1. The van der Waals surface area contributed by atoms with Gasteiger partial charge < -0.3 is 30.7 Å². The Hall–Kier alpha value is -3.61. The van der Waals surface area contributed by atoms with Crippen LogP contribution in [-0.4, -0.2) is 87.5 Å². The van der Waals surface area contributed by atoms with Crippen LogP contribution in [-0.2, 0) is 11.2 Å². The van der Waals surface area contributed by atoms with Gasteiger partial charge in [-0.05, 0) is 118 Å². The molecule has 3 aliphatic rings. The number of benzene rings is 3. The fraction of sp³-hybridized carbons (Fsp3) is 0.447. The molecule has 0 aliphatic carbocycles. The monoisotopic (exact) mass is 805 g/mol. The van der Waals surface area contributed by atoms with E-state index in [1.807, 2.05) is 41.4 Å². The Labute approximate surface area is 309 Å². The maximum atomic E-state index is 14.1. The van der Waals surface area contributed by atoms with E-state index in [4.69, 9.17) is 5.73 Å². The van der Waals surface area contributed by atoms with Crippen LogP contribution in [0.25, 0.3) is 22.0 Å². The van der Waals surface area contributed by atoms with Gasteiger partial charge in [-0.1, -0.05) is 42.8 Å². The number of aromatic nitrogens is 2. The maximum Gasteiger partial charge on any atom is 0.326 e. The van der Waals surface area contributed by atoms with Gasteiger partial charge in [-0.2, -0.15) is 0 Å². The van der Waals surface area contributed by atoms with Crippen LogP contribution in [0.3, 0.4) is 0 Å². The molecule has 0 unspecified atom stereocenters. The van der Waals surface area contributed by atoms with E-state index in [9.17, 15) is 14.4 Å². The Bertz CT molecular complexity index is 1880. The van der Waals surface area contributed by atoms with Crippen LogP contribution >= 0.6 is 31.9 Å². The second-order valence-corrected chi connectivity index (χ2v) is 15.7. The second-order valence-electron chi connectivity index (χ2n) is 14.0. The highest BCUT2D eigenvalue weighted by atomic mass is 79.9. The zero-order chi connectivity index (χ0) is 34.8. The molecule has 4 N–H and O–H groups in total. The topological polar surface area (TPSA) is 120 Å². The molecule has 12 heteroatoms. The van der Waals surface area contributed by atoms with Gasteiger partial charge in [-0.15, -0.1) is 0 Å². The first-order valence-corrected chi connectivity index (χ1v) is 19.4. The SMILES string of the molecule is Nc1c(Br)cc(C[C@@H](NC(=O)N2CCC(n3cc(-c4ccc5ccccc5c4)[nH]c3=O)CC2)C(=O)N2CCC(N3CCCCC3)CC2)cc1Br. The molecule has 7 rings (SSSR count). The van der Waals surface area contributed by atoms with Crippen molar-refractivity contribution in [1.82, 2.24) is 29.6 Å². The summed E-state index contributed by atoms with van der Waals surface area (Å²) in [6, 6.07) is 17.7. The van der Waals surface area contributed by atoms with Crippen molar-refractivity contribution in [3.05, 3.63) is 85.8 Å². The molecule has 1 atom stereocenters. The number of nitrogen functional groups attached to an aromatic ring is 1. The number of carbonyl (C=O) groups is 2. The standard InChI is InChI=1S/C38H45Br2N7O3/c39-31-20-25(21-32(40)35(31)41)22-33(36(48)45-16-10-29(11-17-45)44-14-4-1-5-15-44)42-37(49)46-18-12-30(13-19-46)47-24-34(43-38(47)50)28-9-8-26-6-2-3-7-27(26)23-28/h2-3,6-9,20-21,23-24,29-30,33H,1,4-5,10-19,22,41H2,(H,42,49)(H,43,50)/t33-/m1/s1. The number of H-pyrrole nitrogens is 1. The first kappa shape index (κ1) is 34.8. The van der Waals surface area contributed by atoms with Crippen LogP contribution in [0.5, 0.6) is 0 Å². The van der Waals surface area contributed by atoms with E-state index in [-0.39, 0.29) is 23.7 Å². The summed E-state index contributed by atoms with van der Waals surface area (Å²) in [5.74, 6) is -0.0468. The van der Waals surface area contributed by atoms with Gasteiger partial charge in [0, 0.05) is 65.4 Å². The van der Waals surface area contributed by atoms with Gasteiger partial charge in [-0.3, -0.25) is 9.36 Å². The summed E-state index contributed by atoms with van der Waals surface area (Å²) in [6.07, 6.45) is 9.27. The van der Waals surface area contributed by atoms with E-state index in [2.05, 4.69) is 71.3 Å². The van der Waals surface area contributed by atoms with Gasteiger partial charge in [-0.25, -0.2) is 9.59 Å². The minimum Gasteiger partial charge on any atom is -0.397 e. The lowest BCUT2D eigenvalue weighted by atomic mass is 9.98. The van der Waals surface area contributed by atoms with Gasteiger partial charge in [0.2, 0.25) is 5.91 Å². The van der Waals surface area contributed by atoms with Gasteiger partial charge in [0.25, 0.3) is 0 Å². The molecule has 3 fully saturated rings. The van der Waals surface area contributed by atoms with Crippen molar-refractivity contribution in [2.75, 3.05) is 45.0 Å². The molecule has 10 nitrogen and oxygen atoms in total. The van der Waals surface area contributed by atoms with E-state index in [1.54, 1.807) is 9.47 Å². The Morgan fingerprint density at radius 2 is 1.46 bits per heavy atom. The average molecular weight is 808 g/mol. The number of aromatic amines is 1. The van der Waals surface area contributed by atoms with Crippen molar-refractivity contribution >= 4 is 60.3 Å². The lowest BCUT2D eigenvalue weighted by Crippen LogP contribution is -2.56. The number of nitrogens with zero attached hydrogens (tertiary/aromatic N) is 4. The number of amides is 3. The number of imidazole rings is 1. The van der Waals surface area contributed by atoms with Gasteiger partial charge in [0.15, 0.2) is 0 Å². The number of hydrogen-bond donors (Lipinski definition) is 3. The molecule has 3 amide bonds. The normalized spacial score (nSPS) is 18.8. The zero-order valence-corrected chi connectivity index (χ0v) is 31.4. The Morgan fingerprint density at radius 3 is 2.16 bits per heavy atom. The fourth-order valence-corrected chi connectivity index (χ4v) is 9.20. The molecular formula is C38H45Br2N7O3. The molecule has 264 valence electrons. The summed E-state index contributed by atoms with van der Waals surface area (Å²) >= 11 is 7.07. The van der Waals surface area contributed by atoms with Crippen LogP contribution < -0.4 is 16.7 Å². The van der Waals surface area contributed by atoms with Crippen LogP contribution in [0.15, 0.2) is 74.5 Å². The molecule has 3 aromatic carbocycles. The Morgan fingerprint density at radius 1 is 0.820 bits per heavy atom. The largest absolute Gasteiger partial charge is 0.397 e. The second kappa shape index (κ2) is 15.3. The van der Waals surface area contributed by atoms with Gasteiger partial charge in [0.1, 0.15) is 6.04 Å². The quantitative estimate of drug-likeness (QED) is 0.184. The summed E-state index contributed by atoms with van der Waals surface area (Å²) in [6.45, 7) is 4.67. The molecule has 4 aromatic rings. The van der Waals surface area contributed by atoms with Crippen LogP contribution in [0.4, 0.5) is 10.5 Å². The number of urea groups is 1. The van der Waals surface area contributed by atoms with E-state index < -0.39 is 6.04 Å². The predicted octanol–water partition coefficient (Wildman–Crippen LogP) is 6.54. The lowest BCUT2D eigenvalue weighted by Gasteiger charge is -2.41. The first-order valence-electron chi connectivity index (χ1n) is 17.9. The lowest BCUT2D eigenvalue weighted by molar-refractivity contribution is -0.134. The fourth-order valence-electron chi connectivity index (χ4n) is 7.92. The smallest absolute Gasteiger partial charge is 0.326 e. The highest BCUT2D eigenvalue weighted by molar-refractivity contribution is 9.11. The molecule has 3 aliphatic heterocycles. The molecule has 0 spiro atoms. The number of carbonyl (C=O) groups excluding carboxylic acids is 2. The van der Waals surface area contributed by atoms with Gasteiger partial charge >= 0.3 is 11.7 Å². The summed E-state index contributed by atoms with van der Waals surface area (Å²) < 4.78 is 3.26. The van der Waals surface area contributed by atoms with Crippen molar-refractivity contribution < 1.29 is 9.59 Å². The summed E-state index contributed by atoms with van der Waals surface area (Å²) in [7, 11) is 0. The number of piperidine rings is 3. The molecule has 1 aromatic heterocycles. The van der Waals surface area contributed by atoms with Crippen LogP contribution in [0, 0.1) is 0 Å². The van der Waals surface area contributed by atoms with E-state index in [1.165, 1.54) is 19.3 Å². The third-order valence-corrected chi connectivity index (χ3v) is 12.1. The van der Waals surface area contributed by atoms with Crippen molar-refractivity contribution in [3.8, 4) is 11.3 Å². The number of fused-ring (bicyclic) bond motifs is 1. The molecule has 0 bridgehead atoms. The van der Waals surface area contributed by atoms with Crippen LogP contribution in [0.2, 0.25) is 0 Å². The van der Waals surface area contributed by atoms with E-state index >= 15 is 0 Å². The molecule has 0 radical (unpaired) electrons. The minimum atomic E-state index is -0.717. The van der Waals surface area contributed by atoms with Gasteiger partial charge in [0.05, 0.1) is 11.4 Å². The summed E-state index contributed by atoms with van der Waals surface area (Å²) in [5, 5.41) is 5.39.